The molecule has 0 bridgehead atoms. The first-order valence-electron chi connectivity index (χ1n) is 4.24. The summed E-state index contributed by atoms with van der Waals surface area (Å²) in [7, 11) is 1.78. The van der Waals surface area contributed by atoms with E-state index in [2.05, 4.69) is 27.6 Å². The van der Waals surface area contributed by atoms with Gasteiger partial charge in [-0.15, -0.1) is 0 Å². The molecule has 0 atom stereocenters. The van der Waals surface area contributed by atoms with E-state index in [1.54, 1.807) is 11.6 Å². The normalized spacial score (nSPS) is 10.7. The predicted octanol–water partition coefficient (Wildman–Crippen LogP) is 1.87. The van der Waals surface area contributed by atoms with E-state index in [1.165, 1.54) is 0 Å². The summed E-state index contributed by atoms with van der Waals surface area (Å²) < 4.78 is 2.30. The second-order valence-electron chi connectivity index (χ2n) is 3.05. The molecule has 0 fully saturated rings. The van der Waals surface area contributed by atoms with Crippen LogP contribution in [-0.4, -0.2) is 9.55 Å². The van der Waals surface area contributed by atoms with Gasteiger partial charge in [-0.05, 0) is 12.1 Å². The van der Waals surface area contributed by atoms with E-state index < -0.39 is 0 Å². The minimum Gasteiger partial charge on any atom is -0.308 e. The van der Waals surface area contributed by atoms with Gasteiger partial charge in [0.15, 0.2) is 0 Å². The Morgan fingerprint density at radius 1 is 1.43 bits per heavy atom. The molecule has 0 saturated carbocycles. The maximum Gasteiger partial charge on any atom is 0.273 e. The fourth-order valence-electron chi connectivity index (χ4n) is 1.43. The van der Waals surface area contributed by atoms with Gasteiger partial charge in [-0.25, -0.2) is 4.98 Å². The summed E-state index contributed by atoms with van der Waals surface area (Å²) in [6.45, 7) is 0. The number of nitrogens with zero attached hydrogens (tertiary/aromatic N) is 2. The van der Waals surface area contributed by atoms with Gasteiger partial charge in [-0.2, -0.15) is 0 Å². The average molecular weight is 300 g/mol. The number of halogens is 1. The van der Waals surface area contributed by atoms with Crippen molar-refractivity contribution in [2.45, 2.75) is 4.43 Å². The third-order valence-electron chi connectivity index (χ3n) is 2.18. The van der Waals surface area contributed by atoms with E-state index in [0.717, 1.165) is 11.0 Å². The largest absolute Gasteiger partial charge is 0.308 e. The highest BCUT2D eigenvalue weighted by Crippen LogP contribution is 2.09. The van der Waals surface area contributed by atoms with Crippen LogP contribution in [0.4, 0.5) is 0 Å². The Morgan fingerprint density at radius 2 is 2.14 bits per heavy atom. The van der Waals surface area contributed by atoms with Crippen LogP contribution in [0.3, 0.4) is 0 Å². The second-order valence-corrected chi connectivity index (χ2v) is 3.81. The zero-order valence-corrected chi connectivity index (χ0v) is 9.85. The molecule has 0 amide bonds. The van der Waals surface area contributed by atoms with Crippen molar-refractivity contribution in [2.75, 3.05) is 0 Å². The zero-order valence-electron chi connectivity index (χ0n) is 7.70. The number of aryl methyl sites for hydroxylation is 1. The lowest BCUT2D eigenvalue weighted by Gasteiger charge is -2.05. The SMILES string of the molecule is Cn1c(=O)c(CI)nc2ccccc21. The molecular weight excluding hydrogens is 291 g/mol. The van der Waals surface area contributed by atoms with Gasteiger partial charge in [0.05, 0.1) is 11.0 Å². The Bertz CT molecular complexity index is 533. The number of benzene rings is 1. The average Bonchev–Trinajstić information content (AvgIpc) is 2.23. The van der Waals surface area contributed by atoms with Gasteiger partial charge in [0.25, 0.3) is 5.56 Å². The van der Waals surface area contributed by atoms with Crippen LogP contribution < -0.4 is 5.56 Å². The molecule has 0 unspecified atom stereocenters. The van der Waals surface area contributed by atoms with Crippen LogP contribution in [0.5, 0.6) is 0 Å². The van der Waals surface area contributed by atoms with Crippen molar-refractivity contribution < 1.29 is 0 Å². The molecule has 2 aromatic rings. The molecule has 0 aliphatic carbocycles. The maximum atomic E-state index is 11.7. The summed E-state index contributed by atoms with van der Waals surface area (Å²) in [6.07, 6.45) is 0. The Kier molecular flexibility index (Phi) is 2.54. The Morgan fingerprint density at radius 3 is 2.86 bits per heavy atom. The third-order valence-corrected chi connectivity index (χ3v) is 2.90. The van der Waals surface area contributed by atoms with Crippen molar-refractivity contribution in [3.05, 3.63) is 40.3 Å². The smallest absolute Gasteiger partial charge is 0.273 e. The van der Waals surface area contributed by atoms with Gasteiger partial charge < -0.3 is 4.57 Å². The number of hydrogen-bond acceptors (Lipinski definition) is 2. The standard InChI is InChI=1S/C10H9IN2O/c1-13-9-5-3-2-4-7(9)12-8(6-11)10(13)14/h2-5H,6H2,1H3. The van der Waals surface area contributed by atoms with Crippen LogP contribution in [0.2, 0.25) is 0 Å². The first-order valence-corrected chi connectivity index (χ1v) is 5.77. The Balaban J connectivity index is 2.92. The van der Waals surface area contributed by atoms with Gasteiger partial charge in [0, 0.05) is 11.5 Å². The number of alkyl halides is 1. The molecule has 0 aliphatic heterocycles. The van der Waals surface area contributed by atoms with E-state index in [-0.39, 0.29) is 5.56 Å². The van der Waals surface area contributed by atoms with E-state index >= 15 is 0 Å². The fraction of sp³-hybridized carbons (Fsp3) is 0.200. The molecule has 0 saturated heterocycles. The van der Waals surface area contributed by atoms with Gasteiger partial charge in [0.2, 0.25) is 0 Å². The first kappa shape index (κ1) is 9.64. The number of aromatic nitrogens is 2. The third kappa shape index (κ3) is 1.43. The number of para-hydroxylation sites is 2. The summed E-state index contributed by atoms with van der Waals surface area (Å²) in [5.41, 5.74) is 2.37. The van der Waals surface area contributed by atoms with E-state index in [0.29, 0.717) is 10.1 Å². The number of rotatable bonds is 1. The highest BCUT2D eigenvalue weighted by atomic mass is 127. The van der Waals surface area contributed by atoms with Crippen LogP contribution in [0.1, 0.15) is 5.69 Å². The van der Waals surface area contributed by atoms with Crippen molar-refractivity contribution in [3.63, 3.8) is 0 Å². The van der Waals surface area contributed by atoms with Gasteiger partial charge >= 0.3 is 0 Å². The lowest BCUT2D eigenvalue weighted by atomic mass is 10.3. The molecule has 0 N–H and O–H groups in total. The lowest BCUT2D eigenvalue weighted by Crippen LogP contribution is -2.22. The summed E-state index contributed by atoms with van der Waals surface area (Å²) in [4.78, 5) is 16.0. The highest BCUT2D eigenvalue weighted by Gasteiger charge is 2.05. The van der Waals surface area contributed by atoms with Crippen molar-refractivity contribution in [3.8, 4) is 0 Å². The fourth-order valence-corrected chi connectivity index (χ4v) is 1.92. The molecular formula is C10H9IN2O. The van der Waals surface area contributed by atoms with Crippen LogP contribution in [0.25, 0.3) is 11.0 Å². The van der Waals surface area contributed by atoms with Crippen molar-refractivity contribution in [1.82, 2.24) is 9.55 Å². The molecule has 4 heteroatoms. The van der Waals surface area contributed by atoms with Gasteiger partial charge in [-0.1, -0.05) is 34.7 Å². The van der Waals surface area contributed by atoms with E-state index in [9.17, 15) is 4.79 Å². The molecule has 1 heterocycles. The van der Waals surface area contributed by atoms with E-state index in [4.69, 9.17) is 0 Å². The monoisotopic (exact) mass is 300 g/mol. The summed E-state index contributed by atoms with van der Waals surface area (Å²) in [5.74, 6) is 0. The minimum absolute atomic E-state index is 0.00176. The molecule has 0 radical (unpaired) electrons. The molecule has 72 valence electrons. The quantitative estimate of drug-likeness (QED) is 0.595. The number of fused-ring (bicyclic) bond motifs is 1. The lowest BCUT2D eigenvalue weighted by molar-refractivity contribution is 0.871. The second kappa shape index (κ2) is 3.68. The molecule has 0 spiro atoms. The number of hydrogen-bond donors (Lipinski definition) is 0. The molecule has 14 heavy (non-hydrogen) atoms. The summed E-state index contributed by atoms with van der Waals surface area (Å²) in [5, 5.41) is 0. The summed E-state index contributed by atoms with van der Waals surface area (Å²) >= 11 is 2.15. The van der Waals surface area contributed by atoms with Crippen molar-refractivity contribution >= 4 is 33.6 Å². The van der Waals surface area contributed by atoms with E-state index in [1.807, 2.05) is 24.3 Å². The Hall–Kier alpha value is -0.910. The van der Waals surface area contributed by atoms with Crippen molar-refractivity contribution in [2.24, 2.45) is 7.05 Å². The minimum atomic E-state index is -0.00176. The van der Waals surface area contributed by atoms with Crippen molar-refractivity contribution in [1.29, 1.82) is 0 Å². The topological polar surface area (TPSA) is 34.9 Å². The van der Waals surface area contributed by atoms with Crippen LogP contribution >= 0.6 is 22.6 Å². The molecule has 0 aliphatic rings. The predicted molar refractivity (Wildman–Crippen MR) is 64.7 cm³/mol. The maximum absolute atomic E-state index is 11.7. The zero-order chi connectivity index (χ0) is 10.1. The van der Waals surface area contributed by atoms with Gasteiger partial charge in [-0.3, -0.25) is 4.79 Å². The van der Waals surface area contributed by atoms with Crippen LogP contribution in [0, 0.1) is 0 Å². The van der Waals surface area contributed by atoms with Gasteiger partial charge in [0.1, 0.15) is 5.69 Å². The molecule has 1 aromatic carbocycles. The highest BCUT2D eigenvalue weighted by molar-refractivity contribution is 14.1. The Labute approximate surface area is 94.9 Å². The van der Waals surface area contributed by atoms with Crippen LogP contribution in [0.15, 0.2) is 29.1 Å². The van der Waals surface area contributed by atoms with Crippen LogP contribution in [-0.2, 0) is 11.5 Å². The first-order chi connectivity index (χ1) is 6.74. The summed E-state index contributed by atoms with van der Waals surface area (Å²) in [6, 6.07) is 7.66. The molecule has 3 nitrogen and oxygen atoms in total. The molecule has 2 rings (SSSR count). The molecule has 1 aromatic heterocycles.